The Morgan fingerprint density at radius 3 is 2.48 bits per heavy atom. The third-order valence-electron chi connectivity index (χ3n) is 3.03. The second kappa shape index (κ2) is 7.43. The van der Waals surface area contributed by atoms with Crippen molar-refractivity contribution in [1.29, 1.82) is 0 Å². The lowest BCUT2D eigenvalue weighted by molar-refractivity contribution is -0.137. The van der Waals surface area contributed by atoms with E-state index in [1.165, 1.54) is 0 Å². The van der Waals surface area contributed by atoms with Gasteiger partial charge in [-0.05, 0) is 30.5 Å². The lowest BCUT2D eigenvalue weighted by atomic mass is 10.1. The number of carbonyl (C=O) groups excluding carboxylic acids is 1. The molecule has 1 aromatic rings. The van der Waals surface area contributed by atoms with Crippen LogP contribution in [0.1, 0.15) is 49.0 Å². The van der Waals surface area contributed by atoms with Gasteiger partial charge in [0.05, 0.1) is 11.1 Å². The van der Waals surface area contributed by atoms with Crippen LogP contribution in [-0.2, 0) is 6.18 Å². The van der Waals surface area contributed by atoms with Crippen LogP contribution in [0.4, 0.5) is 17.6 Å². The largest absolute Gasteiger partial charge is 0.416 e. The fourth-order valence-electron chi connectivity index (χ4n) is 1.85. The number of rotatable bonds is 6. The third-order valence-corrected chi connectivity index (χ3v) is 3.03. The van der Waals surface area contributed by atoms with Crippen LogP contribution < -0.4 is 5.32 Å². The summed E-state index contributed by atoms with van der Waals surface area (Å²) in [6.07, 6.45) is -1.97. The van der Waals surface area contributed by atoms with Gasteiger partial charge in [-0.2, -0.15) is 13.2 Å². The van der Waals surface area contributed by atoms with Crippen LogP contribution in [0.15, 0.2) is 18.2 Å². The van der Waals surface area contributed by atoms with E-state index in [0.29, 0.717) is 37.1 Å². The number of amides is 1. The van der Waals surface area contributed by atoms with Gasteiger partial charge in [-0.3, -0.25) is 4.79 Å². The van der Waals surface area contributed by atoms with Gasteiger partial charge in [0.1, 0.15) is 5.82 Å². The highest BCUT2D eigenvalue weighted by atomic mass is 19.4. The molecule has 0 aromatic heterocycles. The maximum atomic E-state index is 13.5. The number of carbonyl (C=O) groups is 1. The first-order valence-electron chi connectivity index (χ1n) is 6.86. The quantitative estimate of drug-likeness (QED) is 0.612. The molecule has 1 amide bonds. The summed E-state index contributed by atoms with van der Waals surface area (Å²) < 4.78 is 51.1. The van der Waals surface area contributed by atoms with E-state index < -0.39 is 29.0 Å². The average molecular weight is 305 g/mol. The SMILES string of the molecule is CC(C)CCCCNC(=O)c1cc(C(F)(F)F)ccc1F. The highest BCUT2D eigenvalue weighted by Crippen LogP contribution is 2.30. The molecule has 0 aliphatic rings. The van der Waals surface area contributed by atoms with Gasteiger partial charge < -0.3 is 5.32 Å². The van der Waals surface area contributed by atoms with Gasteiger partial charge >= 0.3 is 6.18 Å². The fourth-order valence-corrected chi connectivity index (χ4v) is 1.85. The van der Waals surface area contributed by atoms with Crippen LogP contribution in [0.5, 0.6) is 0 Å². The summed E-state index contributed by atoms with van der Waals surface area (Å²) in [5.74, 6) is -1.22. The number of halogens is 4. The molecule has 6 heteroatoms. The highest BCUT2D eigenvalue weighted by molar-refractivity contribution is 5.94. The summed E-state index contributed by atoms with van der Waals surface area (Å²) >= 11 is 0. The van der Waals surface area contributed by atoms with Gasteiger partial charge in [-0.25, -0.2) is 4.39 Å². The summed E-state index contributed by atoms with van der Waals surface area (Å²) in [6.45, 7) is 4.48. The van der Waals surface area contributed by atoms with Crippen LogP contribution in [0, 0.1) is 11.7 Å². The van der Waals surface area contributed by atoms with E-state index in [4.69, 9.17) is 0 Å². The van der Waals surface area contributed by atoms with E-state index in [-0.39, 0.29) is 0 Å². The molecule has 0 fully saturated rings. The summed E-state index contributed by atoms with van der Waals surface area (Å²) in [4.78, 5) is 11.7. The van der Waals surface area contributed by atoms with E-state index in [1.54, 1.807) is 0 Å². The van der Waals surface area contributed by atoms with Crippen LogP contribution >= 0.6 is 0 Å². The highest BCUT2D eigenvalue weighted by Gasteiger charge is 2.31. The molecule has 0 aliphatic heterocycles. The van der Waals surface area contributed by atoms with E-state index >= 15 is 0 Å². The Bertz CT molecular complexity index is 483. The number of alkyl halides is 3. The van der Waals surface area contributed by atoms with Crippen LogP contribution in [0.2, 0.25) is 0 Å². The Morgan fingerprint density at radius 1 is 1.24 bits per heavy atom. The van der Waals surface area contributed by atoms with E-state index in [0.717, 1.165) is 12.8 Å². The van der Waals surface area contributed by atoms with Crippen LogP contribution in [0.3, 0.4) is 0 Å². The number of unbranched alkanes of at least 4 members (excludes halogenated alkanes) is 1. The van der Waals surface area contributed by atoms with Gasteiger partial charge in [-0.1, -0.05) is 26.7 Å². The fraction of sp³-hybridized carbons (Fsp3) is 0.533. The number of hydrogen-bond acceptors (Lipinski definition) is 1. The van der Waals surface area contributed by atoms with Gasteiger partial charge in [0.25, 0.3) is 5.91 Å². The zero-order valence-corrected chi connectivity index (χ0v) is 12.1. The maximum Gasteiger partial charge on any atom is 0.416 e. The van der Waals surface area contributed by atoms with Gasteiger partial charge in [0.15, 0.2) is 0 Å². The molecule has 0 heterocycles. The Morgan fingerprint density at radius 2 is 1.90 bits per heavy atom. The zero-order valence-electron chi connectivity index (χ0n) is 12.1. The molecule has 0 radical (unpaired) electrons. The minimum absolute atomic E-state index is 0.321. The topological polar surface area (TPSA) is 29.1 Å². The van der Waals surface area contributed by atoms with Crippen molar-refractivity contribution >= 4 is 5.91 Å². The summed E-state index contributed by atoms with van der Waals surface area (Å²) in [7, 11) is 0. The minimum atomic E-state index is -4.60. The monoisotopic (exact) mass is 305 g/mol. The van der Waals surface area contributed by atoms with Crippen molar-refractivity contribution in [3.63, 3.8) is 0 Å². The van der Waals surface area contributed by atoms with Gasteiger partial charge in [-0.15, -0.1) is 0 Å². The average Bonchev–Trinajstić information content (AvgIpc) is 2.36. The second-order valence-electron chi connectivity index (χ2n) is 5.34. The predicted molar refractivity (Wildman–Crippen MR) is 72.4 cm³/mol. The first-order valence-corrected chi connectivity index (χ1v) is 6.86. The molecule has 0 spiro atoms. The smallest absolute Gasteiger partial charge is 0.352 e. The Labute approximate surface area is 121 Å². The maximum absolute atomic E-state index is 13.5. The molecule has 0 aliphatic carbocycles. The van der Waals surface area contributed by atoms with Crippen LogP contribution in [-0.4, -0.2) is 12.5 Å². The van der Waals surface area contributed by atoms with Crippen molar-refractivity contribution in [1.82, 2.24) is 5.32 Å². The number of benzene rings is 1. The summed E-state index contributed by atoms with van der Waals surface area (Å²) in [5, 5.41) is 2.45. The van der Waals surface area contributed by atoms with Crippen molar-refractivity contribution in [2.24, 2.45) is 5.92 Å². The molecule has 118 valence electrons. The molecular weight excluding hydrogens is 286 g/mol. The molecule has 0 atom stereocenters. The lowest BCUT2D eigenvalue weighted by Crippen LogP contribution is -2.26. The number of hydrogen-bond donors (Lipinski definition) is 1. The second-order valence-corrected chi connectivity index (χ2v) is 5.34. The third kappa shape index (κ3) is 5.73. The van der Waals surface area contributed by atoms with E-state index in [9.17, 15) is 22.4 Å². The molecule has 0 saturated carbocycles. The van der Waals surface area contributed by atoms with Crippen molar-refractivity contribution in [3.05, 3.63) is 35.1 Å². The molecule has 1 rings (SSSR count). The van der Waals surface area contributed by atoms with Crippen molar-refractivity contribution < 1.29 is 22.4 Å². The molecule has 0 unspecified atom stereocenters. The molecule has 1 aromatic carbocycles. The summed E-state index contributed by atoms with van der Waals surface area (Å²) in [6, 6.07) is 1.82. The standard InChI is InChI=1S/C15H19F4NO/c1-10(2)5-3-4-8-20-14(21)12-9-11(15(17,18)19)6-7-13(12)16/h6-7,9-10H,3-5,8H2,1-2H3,(H,20,21). The predicted octanol–water partition coefficient (Wildman–Crippen LogP) is 4.40. The molecular formula is C15H19F4NO. The van der Waals surface area contributed by atoms with Gasteiger partial charge in [0.2, 0.25) is 0 Å². The normalized spacial score (nSPS) is 11.8. The van der Waals surface area contributed by atoms with Crippen molar-refractivity contribution in [3.8, 4) is 0 Å². The first-order chi connectivity index (χ1) is 9.71. The van der Waals surface area contributed by atoms with Gasteiger partial charge in [0, 0.05) is 6.54 Å². The van der Waals surface area contributed by atoms with E-state index in [1.807, 2.05) is 0 Å². The number of nitrogens with one attached hydrogen (secondary N) is 1. The molecule has 21 heavy (non-hydrogen) atoms. The Kier molecular flexibility index (Phi) is 6.18. The summed E-state index contributed by atoms with van der Waals surface area (Å²) in [5.41, 5.74) is -1.61. The van der Waals surface area contributed by atoms with Crippen LogP contribution in [0.25, 0.3) is 0 Å². The van der Waals surface area contributed by atoms with Crippen molar-refractivity contribution in [2.45, 2.75) is 39.3 Å². The Balaban J connectivity index is 2.61. The molecule has 2 nitrogen and oxygen atoms in total. The van der Waals surface area contributed by atoms with Crippen molar-refractivity contribution in [2.75, 3.05) is 6.54 Å². The molecule has 0 bridgehead atoms. The zero-order chi connectivity index (χ0) is 16.0. The molecule has 0 saturated heterocycles. The van der Waals surface area contributed by atoms with E-state index in [2.05, 4.69) is 19.2 Å². The lowest BCUT2D eigenvalue weighted by Gasteiger charge is -2.10. The first kappa shape index (κ1) is 17.5. The molecule has 1 N–H and O–H groups in total. The minimum Gasteiger partial charge on any atom is -0.352 e. The Hall–Kier alpha value is -1.59.